The fourth-order valence-electron chi connectivity index (χ4n) is 2.69. The molecule has 0 unspecified atom stereocenters. The van der Waals surface area contributed by atoms with Crippen LogP contribution in [-0.4, -0.2) is 38.5 Å². The summed E-state index contributed by atoms with van der Waals surface area (Å²) < 4.78 is 5.30. The second kappa shape index (κ2) is 6.81. The second-order valence-electron chi connectivity index (χ2n) is 6.03. The monoisotopic (exact) mass is 383 g/mol. The van der Waals surface area contributed by atoms with Crippen molar-refractivity contribution in [2.24, 2.45) is 0 Å². The third kappa shape index (κ3) is 3.39. The molecule has 136 valence electrons. The van der Waals surface area contributed by atoms with Crippen LogP contribution in [0.2, 0.25) is 5.02 Å². The largest absolute Gasteiger partial charge is 0.482 e. The molecule has 9 heteroatoms. The summed E-state index contributed by atoms with van der Waals surface area (Å²) in [6, 6.07) is 11.2. The van der Waals surface area contributed by atoms with Crippen LogP contribution in [0.25, 0.3) is 11.4 Å². The summed E-state index contributed by atoms with van der Waals surface area (Å²) in [7, 11) is 0. The third-order valence-electron chi connectivity index (χ3n) is 4.15. The summed E-state index contributed by atoms with van der Waals surface area (Å²) in [6.07, 6.45) is 0. The van der Waals surface area contributed by atoms with E-state index in [2.05, 4.69) is 20.7 Å². The number of benzene rings is 2. The van der Waals surface area contributed by atoms with Crippen molar-refractivity contribution in [1.29, 1.82) is 0 Å². The Balaban J connectivity index is 1.57. The highest BCUT2D eigenvalue weighted by atomic mass is 35.5. The molecule has 3 aromatic rings. The van der Waals surface area contributed by atoms with Crippen molar-refractivity contribution in [3.63, 3.8) is 0 Å². The van der Waals surface area contributed by atoms with E-state index in [1.54, 1.807) is 49.4 Å². The van der Waals surface area contributed by atoms with Gasteiger partial charge in [-0.1, -0.05) is 11.6 Å². The lowest BCUT2D eigenvalue weighted by Crippen LogP contribution is -2.26. The van der Waals surface area contributed by atoms with E-state index in [0.29, 0.717) is 27.8 Å². The predicted octanol–water partition coefficient (Wildman–Crippen LogP) is 2.77. The number of amides is 1. The topological polar surface area (TPSA) is 99.0 Å². The maximum Gasteiger partial charge on any atom is 0.262 e. The van der Waals surface area contributed by atoms with Gasteiger partial charge in [0.2, 0.25) is 5.82 Å². The molecule has 0 radical (unpaired) electrons. The van der Waals surface area contributed by atoms with Crippen LogP contribution in [0.3, 0.4) is 0 Å². The number of nitrogens with one attached hydrogen (secondary N) is 1. The van der Waals surface area contributed by atoms with E-state index in [9.17, 15) is 9.59 Å². The Labute approximate surface area is 159 Å². The highest BCUT2D eigenvalue weighted by Gasteiger charge is 2.23. The molecule has 0 saturated heterocycles. The van der Waals surface area contributed by atoms with Gasteiger partial charge in [0.1, 0.15) is 11.8 Å². The van der Waals surface area contributed by atoms with Crippen LogP contribution in [0.1, 0.15) is 23.3 Å². The molecule has 2 heterocycles. The molecule has 1 aliphatic rings. The average molecular weight is 384 g/mol. The van der Waals surface area contributed by atoms with Crippen molar-refractivity contribution in [3.8, 4) is 17.1 Å². The number of rotatable bonds is 4. The van der Waals surface area contributed by atoms with Gasteiger partial charge in [-0.15, -0.1) is 10.2 Å². The lowest BCUT2D eigenvalue weighted by atomic mass is 10.0. The molecule has 0 aliphatic carbocycles. The van der Waals surface area contributed by atoms with Crippen molar-refractivity contribution < 1.29 is 14.3 Å². The maximum absolute atomic E-state index is 12.8. The number of hydrogen-bond donors (Lipinski definition) is 1. The fourth-order valence-corrected chi connectivity index (χ4v) is 2.81. The lowest BCUT2D eigenvalue weighted by molar-refractivity contribution is -0.118. The van der Waals surface area contributed by atoms with Gasteiger partial charge >= 0.3 is 0 Å². The number of nitrogens with zero attached hydrogens (tertiary/aromatic N) is 4. The molecular formula is C18H14ClN5O3. The summed E-state index contributed by atoms with van der Waals surface area (Å²) in [6.45, 7) is 1.65. The van der Waals surface area contributed by atoms with E-state index < -0.39 is 6.04 Å². The first-order chi connectivity index (χ1) is 13.0. The molecule has 8 nitrogen and oxygen atoms in total. The van der Waals surface area contributed by atoms with Gasteiger partial charge in [-0.05, 0) is 54.6 Å². The van der Waals surface area contributed by atoms with Crippen LogP contribution in [0, 0.1) is 0 Å². The summed E-state index contributed by atoms with van der Waals surface area (Å²) in [5.41, 5.74) is 1.63. The van der Waals surface area contributed by atoms with Crippen LogP contribution in [-0.2, 0) is 4.79 Å². The minimum Gasteiger partial charge on any atom is -0.482 e. The Morgan fingerprint density at radius 2 is 2.04 bits per heavy atom. The van der Waals surface area contributed by atoms with Gasteiger partial charge < -0.3 is 10.1 Å². The molecule has 0 spiro atoms. The van der Waals surface area contributed by atoms with E-state index in [1.807, 2.05) is 0 Å². The van der Waals surface area contributed by atoms with Crippen LogP contribution in [0.4, 0.5) is 5.69 Å². The molecule has 1 aromatic heterocycles. The number of ketones is 1. The van der Waals surface area contributed by atoms with Gasteiger partial charge in [0.15, 0.2) is 12.4 Å². The van der Waals surface area contributed by atoms with Crippen molar-refractivity contribution in [3.05, 3.63) is 53.1 Å². The number of hydrogen-bond acceptors (Lipinski definition) is 6. The highest BCUT2D eigenvalue weighted by Crippen LogP contribution is 2.29. The molecule has 1 amide bonds. The van der Waals surface area contributed by atoms with E-state index in [0.717, 1.165) is 5.56 Å². The van der Waals surface area contributed by atoms with Crippen LogP contribution >= 0.6 is 11.6 Å². The van der Waals surface area contributed by atoms with Gasteiger partial charge in [-0.3, -0.25) is 9.59 Å². The number of anilines is 1. The molecule has 0 saturated carbocycles. The van der Waals surface area contributed by atoms with Crippen LogP contribution < -0.4 is 10.1 Å². The average Bonchev–Trinajstić information content (AvgIpc) is 3.17. The van der Waals surface area contributed by atoms with E-state index in [4.69, 9.17) is 16.3 Å². The first-order valence-corrected chi connectivity index (χ1v) is 8.55. The third-order valence-corrected chi connectivity index (χ3v) is 4.41. The van der Waals surface area contributed by atoms with Gasteiger partial charge in [0, 0.05) is 16.1 Å². The van der Waals surface area contributed by atoms with Crippen molar-refractivity contribution in [1.82, 2.24) is 20.2 Å². The zero-order valence-electron chi connectivity index (χ0n) is 14.2. The zero-order chi connectivity index (χ0) is 19.0. The van der Waals surface area contributed by atoms with Crippen molar-refractivity contribution in [2.75, 3.05) is 11.9 Å². The quantitative estimate of drug-likeness (QED) is 0.695. The minimum absolute atomic E-state index is 0.0347. The molecule has 0 bridgehead atoms. The van der Waals surface area contributed by atoms with Gasteiger partial charge in [0.05, 0.1) is 5.69 Å². The van der Waals surface area contributed by atoms with Gasteiger partial charge in [-0.25, -0.2) is 0 Å². The maximum atomic E-state index is 12.8. The Hall–Kier alpha value is -3.26. The van der Waals surface area contributed by atoms with E-state index >= 15 is 0 Å². The normalized spacial score (nSPS) is 14.1. The van der Waals surface area contributed by atoms with Gasteiger partial charge in [-0.2, -0.15) is 4.80 Å². The predicted molar refractivity (Wildman–Crippen MR) is 97.9 cm³/mol. The number of fused-ring (bicyclic) bond motifs is 1. The first-order valence-electron chi connectivity index (χ1n) is 8.17. The van der Waals surface area contributed by atoms with Gasteiger partial charge in [0.25, 0.3) is 5.91 Å². The standard InChI is InChI=1S/C18H14ClN5O3/c1-10(24-22-18(21-23-24)11-2-5-13(19)6-3-11)17(26)12-4-7-15-14(8-12)20-16(25)9-27-15/h2-8,10H,9H2,1H3,(H,20,25)/t10-/m0/s1. The van der Waals surface area contributed by atoms with Crippen molar-refractivity contribution >= 4 is 29.0 Å². The molecule has 1 aliphatic heterocycles. The Morgan fingerprint density at radius 3 is 2.81 bits per heavy atom. The molecule has 1 atom stereocenters. The molecule has 0 fully saturated rings. The van der Waals surface area contributed by atoms with E-state index in [-0.39, 0.29) is 18.3 Å². The number of carbonyl (C=O) groups excluding carboxylic acids is 2. The van der Waals surface area contributed by atoms with Crippen molar-refractivity contribution in [2.45, 2.75) is 13.0 Å². The Bertz CT molecular complexity index is 1030. The Kier molecular flexibility index (Phi) is 4.33. The van der Waals surface area contributed by atoms with Crippen LogP contribution in [0.15, 0.2) is 42.5 Å². The number of aromatic nitrogens is 4. The molecule has 1 N–H and O–H groups in total. The summed E-state index contributed by atoms with van der Waals surface area (Å²) in [4.78, 5) is 25.5. The number of ether oxygens (including phenoxy) is 1. The summed E-state index contributed by atoms with van der Waals surface area (Å²) in [5.74, 6) is 0.462. The molecule has 27 heavy (non-hydrogen) atoms. The summed E-state index contributed by atoms with van der Waals surface area (Å²) >= 11 is 5.88. The first kappa shape index (κ1) is 17.2. The smallest absolute Gasteiger partial charge is 0.262 e. The zero-order valence-corrected chi connectivity index (χ0v) is 15.0. The number of carbonyl (C=O) groups is 2. The Morgan fingerprint density at radius 1 is 1.26 bits per heavy atom. The fraction of sp³-hybridized carbons (Fsp3) is 0.167. The minimum atomic E-state index is -0.670. The SMILES string of the molecule is C[C@@H](C(=O)c1ccc2c(c1)NC(=O)CO2)n1nnc(-c2ccc(Cl)cc2)n1. The highest BCUT2D eigenvalue weighted by molar-refractivity contribution is 6.30. The second-order valence-corrected chi connectivity index (χ2v) is 6.46. The molecule has 2 aromatic carbocycles. The van der Waals surface area contributed by atoms with Crippen LogP contribution in [0.5, 0.6) is 5.75 Å². The van der Waals surface area contributed by atoms with E-state index in [1.165, 1.54) is 4.80 Å². The number of tetrazole rings is 1. The molecule has 4 rings (SSSR count). The number of halogens is 1. The number of Topliss-reactive ketones (excluding diaryl/α,β-unsaturated/α-hetero) is 1. The summed E-state index contributed by atoms with van der Waals surface area (Å²) in [5, 5.41) is 15.6. The lowest BCUT2D eigenvalue weighted by Gasteiger charge is -2.18. The molecular weight excluding hydrogens is 370 g/mol.